The Morgan fingerprint density at radius 3 is 2.71 bits per heavy atom. The molecule has 0 fully saturated rings. The first-order chi connectivity index (χ1) is 8.22. The van der Waals surface area contributed by atoms with Crippen LogP contribution in [0.2, 0.25) is 0 Å². The third-order valence-electron chi connectivity index (χ3n) is 1.97. The van der Waals surface area contributed by atoms with Crippen LogP contribution in [0, 0.1) is 11.8 Å². The van der Waals surface area contributed by atoms with Gasteiger partial charge in [0.25, 0.3) is 0 Å². The quantitative estimate of drug-likeness (QED) is 0.480. The van der Waals surface area contributed by atoms with Crippen molar-refractivity contribution in [1.82, 2.24) is 0 Å². The van der Waals surface area contributed by atoms with Crippen LogP contribution in [0.15, 0.2) is 30.3 Å². The molecular weight excluding hydrogens is 216 g/mol. The number of benzene rings is 1. The molecular formula is C14H14O3. The summed E-state index contributed by atoms with van der Waals surface area (Å²) in [5.41, 5.74) is 0.827. The van der Waals surface area contributed by atoms with E-state index in [1.54, 1.807) is 31.2 Å². The monoisotopic (exact) mass is 230 g/mol. The van der Waals surface area contributed by atoms with Gasteiger partial charge in [-0.3, -0.25) is 0 Å². The molecule has 17 heavy (non-hydrogen) atoms. The fourth-order valence-corrected chi connectivity index (χ4v) is 1.19. The largest absolute Gasteiger partial charge is 0.493 e. The molecule has 1 N–H and O–H groups in total. The Kier molecular flexibility index (Phi) is 5.39. The minimum absolute atomic E-state index is 0.561. The number of aliphatic carboxylic acids is 1. The Hall–Kier alpha value is -2.21. The Labute approximate surface area is 101 Å². The summed E-state index contributed by atoms with van der Waals surface area (Å²) in [5.74, 6) is 5.51. The Balaban J connectivity index is 2.49. The highest BCUT2D eigenvalue weighted by Crippen LogP contribution is 2.13. The third kappa shape index (κ3) is 5.43. The van der Waals surface area contributed by atoms with Crippen molar-refractivity contribution in [2.24, 2.45) is 0 Å². The summed E-state index contributed by atoms with van der Waals surface area (Å²) in [6.07, 6.45) is 3.35. The SMILES string of the molecule is CC#CCCOc1ccc(/C=C/C(=O)O)cc1. The maximum atomic E-state index is 10.3. The number of rotatable bonds is 5. The highest BCUT2D eigenvalue weighted by molar-refractivity contribution is 5.85. The van der Waals surface area contributed by atoms with Gasteiger partial charge < -0.3 is 9.84 Å². The summed E-state index contributed by atoms with van der Waals surface area (Å²) in [4.78, 5) is 10.3. The zero-order chi connectivity index (χ0) is 12.5. The van der Waals surface area contributed by atoms with E-state index in [2.05, 4.69) is 11.8 Å². The molecule has 3 heteroatoms. The third-order valence-corrected chi connectivity index (χ3v) is 1.97. The predicted octanol–water partition coefficient (Wildman–Crippen LogP) is 2.58. The van der Waals surface area contributed by atoms with Gasteiger partial charge in [-0.05, 0) is 30.7 Å². The van der Waals surface area contributed by atoms with E-state index in [1.807, 2.05) is 0 Å². The van der Waals surface area contributed by atoms with Crippen molar-refractivity contribution in [2.45, 2.75) is 13.3 Å². The zero-order valence-corrected chi connectivity index (χ0v) is 9.64. The topological polar surface area (TPSA) is 46.5 Å². The molecule has 0 spiro atoms. The molecule has 0 amide bonds. The Morgan fingerprint density at radius 2 is 2.12 bits per heavy atom. The Morgan fingerprint density at radius 1 is 1.41 bits per heavy atom. The number of hydrogen-bond donors (Lipinski definition) is 1. The van der Waals surface area contributed by atoms with Gasteiger partial charge in [-0.1, -0.05) is 12.1 Å². The molecule has 0 aliphatic rings. The molecule has 0 saturated carbocycles. The van der Waals surface area contributed by atoms with E-state index in [0.717, 1.165) is 17.4 Å². The van der Waals surface area contributed by atoms with Crippen LogP contribution in [-0.4, -0.2) is 17.7 Å². The standard InChI is InChI=1S/C14H14O3/c1-2-3-4-11-17-13-8-5-12(6-9-13)7-10-14(15)16/h5-10H,4,11H2,1H3,(H,15,16)/b10-7+. The average molecular weight is 230 g/mol. The van der Waals surface area contributed by atoms with Crippen LogP contribution in [0.25, 0.3) is 6.08 Å². The Bertz CT molecular complexity index is 447. The fraction of sp³-hybridized carbons (Fsp3) is 0.214. The molecule has 0 saturated heterocycles. The molecule has 0 aliphatic heterocycles. The molecule has 1 rings (SSSR count). The van der Waals surface area contributed by atoms with Gasteiger partial charge in [0.15, 0.2) is 0 Å². The van der Waals surface area contributed by atoms with Gasteiger partial charge in [0.1, 0.15) is 5.75 Å². The van der Waals surface area contributed by atoms with Crippen molar-refractivity contribution in [3.63, 3.8) is 0 Å². The van der Waals surface area contributed by atoms with Crippen LogP contribution < -0.4 is 4.74 Å². The van der Waals surface area contributed by atoms with E-state index in [-0.39, 0.29) is 0 Å². The van der Waals surface area contributed by atoms with Gasteiger partial charge >= 0.3 is 5.97 Å². The fourth-order valence-electron chi connectivity index (χ4n) is 1.19. The van der Waals surface area contributed by atoms with E-state index in [0.29, 0.717) is 13.0 Å². The molecule has 88 valence electrons. The highest BCUT2D eigenvalue weighted by Gasteiger charge is 1.93. The zero-order valence-electron chi connectivity index (χ0n) is 9.64. The lowest BCUT2D eigenvalue weighted by Gasteiger charge is -2.03. The van der Waals surface area contributed by atoms with Crippen LogP contribution in [0.5, 0.6) is 5.75 Å². The summed E-state index contributed by atoms with van der Waals surface area (Å²) in [7, 11) is 0. The number of carbonyl (C=O) groups is 1. The van der Waals surface area contributed by atoms with Crippen LogP contribution in [0.4, 0.5) is 0 Å². The maximum absolute atomic E-state index is 10.3. The van der Waals surface area contributed by atoms with E-state index in [1.165, 1.54) is 6.08 Å². The summed E-state index contributed by atoms with van der Waals surface area (Å²) < 4.78 is 5.45. The lowest BCUT2D eigenvalue weighted by molar-refractivity contribution is -0.131. The second-order valence-electron chi connectivity index (χ2n) is 3.27. The molecule has 3 nitrogen and oxygen atoms in total. The summed E-state index contributed by atoms with van der Waals surface area (Å²) in [6, 6.07) is 7.22. The van der Waals surface area contributed by atoms with Crippen LogP contribution in [0.1, 0.15) is 18.9 Å². The van der Waals surface area contributed by atoms with Gasteiger partial charge in [-0.2, -0.15) is 0 Å². The number of ether oxygens (including phenoxy) is 1. The summed E-state index contributed by atoms with van der Waals surface area (Å²) in [6.45, 7) is 2.36. The highest BCUT2D eigenvalue weighted by atomic mass is 16.5. The van der Waals surface area contributed by atoms with Crippen molar-refractivity contribution in [3.05, 3.63) is 35.9 Å². The smallest absolute Gasteiger partial charge is 0.328 e. The van der Waals surface area contributed by atoms with E-state index in [9.17, 15) is 4.79 Å². The molecule has 0 heterocycles. The average Bonchev–Trinajstić information content (AvgIpc) is 2.33. The molecule has 0 aromatic heterocycles. The lowest BCUT2D eigenvalue weighted by atomic mass is 10.2. The number of hydrogen-bond acceptors (Lipinski definition) is 2. The summed E-state index contributed by atoms with van der Waals surface area (Å²) in [5, 5.41) is 8.47. The van der Waals surface area contributed by atoms with Crippen molar-refractivity contribution in [2.75, 3.05) is 6.61 Å². The number of carboxylic acids is 1. The second-order valence-corrected chi connectivity index (χ2v) is 3.27. The van der Waals surface area contributed by atoms with E-state index in [4.69, 9.17) is 9.84 Å². The first-order valence-electron chi connectivity index (χ1n) is 5.26. The van der Waals surface area contributed by atoms with Crippen molar-refractivity contribution in [1.29, 1.82) is 0 Å². The van der Waals surface area contributed by atoms with Crippen LogP contribution in [0.3, 0.4) is 0 Å². The maximum Gasteiger partial charge on any atom is 0.328 e. The van der Waals surface area contributed by atoms with E-state index < -0.39 is 5.97 Å². The van der Waals surface area contributed by atoms with Crippen LogP contribution >= 0.6 is 0 Å². The summed E-state index contributed by atoms with van der Waals surface area (Å²) >= 11 is 0. The molecule has 1 aromatic carbocycles. The molecule has 1 aromatic rings. The van der Waals surface area contributed by atoms with Crippen molar-refractivity contribution in [3.8, 4) is 17.6 Å². The number of carboxylic acid groups (broad SMARTS) is 1. The van der Waals surface area contributed by atoms with E-state index >= 15 is 0 Å². The normalized spacial score (nSPS) is 9.71. The van der Waals surface area contributed by atoms with Gasteiger partial charge in [-0.15, -0.1) is 11.8 Å². The molecule has 0 atom stereocenters. The molecule has 0 aliphatic carbocycles. The first kappa shape index (κ1) is 12.9. The van der Waals surface area contributed by atoms with Gasteiger partial charge in [0.2, 0.25) is 0 Å². The lowest BCUT2D eigenvalue weighted by Crippen LogP contribution is -1.95. The minimum Gasteiger partial charge on any atom is -0.493 e. The predicted molar refractivity (Wildman–Crippen MR) is 66.7 cm³/mol. The minimum atomic E-state index is -0.955. The van der Waals surface area contributed by atoms with Crippen LogP contribution in [-0.2, 0) is 4.79 Å². The van der Waals surface area contributed by atoms with Gasteiger partial charge in [0, 0.05) is 12.5 Å². The first-order valence-corrected chi connectivity index (χ1v) is 5.26. The molecule has 0 bridgehead atoms. The van der Waals surface area contributed by atoms with Crippen molar-refractivity contribution >= 4 is 12.0 Å². The van der Waals surface area contributed by atoms with Gasteiger partial charge in [0.05, 0.1) is 6.61 Å². The second kappa shape index (κ2) is 7.13. The van der Waals surface area contributed by atoms with Crippen molar-refractivity contribution < 1.29 is 14.6 Å². The van der Waals surface area contributed by atoms with Gasteiger partial charge in [-0.25, -0.2) is 4.79 Å². The molecule has 0 radical (unpaired) electrons. The molecule has 0 unspecified atom stereocenters.